The minimum atomic E-state index is -0.0766. The molecule has 0 saturated heterocycles. The van der Waals surface area contributed by atoms with Gasteiger partial charge in [0.2, 0.25) is 0 Å². The molecule has 160 valence electrons. The molecule has 0 amide bonds. The molecule has 3 fully saturated rings. The Morgan fingerprint density at radius 3 is 2.54 bits per heavy atom. The van der Waals surface area contributed by atoms with Crippen molar-refractivity contribution in [3.05, 3.63) is 11.6 Å². The molecule has 8 atom stereocenters. The Morgan fingerprint density at radius 1 is 1.00 bits per heavy atom. The zero-order chi connectivity index (χ0) is 20.1. The topological polar surface area (TPSA) is 20.2 Å². The first kappa shape index (κ1) is 21.0. The zero-order valence-electron chi connectivity index (χ0n) is 19.3. The summed E-state index contributed by atoms with van der Waals surface area (Å²) in [5.74, 6) is 5.46. The van der Waals surface area contributed by atoms with Crippen LogP contribution in [0, 0.1) is 46.3 Å². The largest absolute Gasteiger partial charge is 0.393 e. The first-order valence-corrected chi connectivity index (χ1v) is 12.6. The Hall–Kier alpha value is -0.300. The summed E-state index contributed by atoms with van der Waals surface area (Å²) < 4.78 is 0. The van der Waals surface area contributed by atoms with Crippen LogP contribution in [0.2, 0.25) is 0 Å². The molecule has 28 heavy (non-hydrogen) atoms. The lowest BCUT2D eigenvalue weighted by Crippen LogP contribution is -2.50. The van der Waals surface area contributed by atoms with Gasteiger partial charge in [0.05, 0.1) is 6.10 Å². The summed E-state index contributed by atoms with van der Waals surface area (Å²) >= 11 is 0. The smallest absolute Gasteiger partial charge is 0.0577 e. The van der Waals surface area contributed by atoms with E-state index in [0.717, 1.165) is 48.3 Å². The molecule has 4 rings (SSSR count). The number of fused-ring (bicyclic) bond motifs is 5. The summed E-state index contributed by atoms with van der Waals surface area (Å²) in [5.41, 5.74) is 2.60. The molecule has 1 heteroatoms. The predicted molar refractivity (Wildman–Crippen MR) is 119 cm³/mol. The zero-order valence-corrected chi connectivity index (χ0v) is 19.3. The van der Waals surface area contributed by atoms with Crippen LogP contribution in [-0.2, 0) is 0 Å². The summed E-state index contributed by atoms with van der Waals surface area (Å²) in [6.07, 6.45) is 17.2. The van der Waals surface area contributed by atoms with Crippen molar-refractivity contribution < 1.29 is 5.11 Å². The van der Waals surface area contributed by atoms with Crippen LogP contribution < -0.4 is 0 Å². The Labute approximate surface area is 174 Å². The molecule has 1 N–H and O–H groups in total. The molecule has 3 saturated carbocycles. The lowest BCUT2D eigenvalue weighted by atomic mass is 9.47. The minimum absolute atomic E-state index is 0.0766. The second-order valence-electron chi connectivity index (χ2n) is 12.2. The number of aliphatic hydroxyl groups is 1. The summed E-state index contributed by atoms with van der Waals surface area (Å²) in [7, 11) is 0. The monoisotopic (exact) mass is 386 g/mol. The molecule has 4 aliphatic carbocycles. The van der Waals surface area contributed by atoms with E-state index in [1.165, 1.54) is 57.8 Å². The van der Waals surface area contributed by atoms with Crippen LogP contribution in [0.1, 0.15) is 105 Å². The van der Waals surface area contributed by atoms with E-state index in [4.69, 9.17) is 0 Å². The van der Waals surface area contributed by atoms with Crippen molar-refractivity contribution in [2.45, 2.75) is 111 Å². The van der Waals surface area contributed by atoms with Crippen molar-refractivity contribution in [2.75, 3.05) is 0 Å². The van der Waals surface area contributed by atoms with Gasteiger partial charge < -0.3 is 5.11 Å². The number of rotatable bonds is 5. The molecule has 0 aromatic carbocycles. The number of aliphatic hydroxyl groups excluding tert-OH is 1. The molecule has 1 nitrogen and oxygen atoms in total. The van der Waals surface area contributed by atoms with Crippen molar-refractivity contribution in [2.24, 2.45) is 46.3 Å². The van der Waals surface area contributed by atoms with Gasteiger partial charge >= 0.3 is 0 Å². The molecule has 3 unspecified atom stereocenters. The summed E-state index contributed by atoms with van der Waals surface area (Å²) in [6, 6.07) is 0. The molecule has 0 aromatic rings. The molecule has 0 aromatic heterocycles. The molecular weight excluding hydrogens is 340 g/mol. The fourth-order valence-electron chi connectivity index (χ4n) is 8.67. The second kappa shape index (κ2) is 7.75. The second-order valence-corrected chi connectivity index (χ2v) is 12.2. The lowest BCUT2D eigenvalue weighted by molar-refractivity contribution is -0.0573. The minimum Gasteiger partial charge on any atom is -0.393 e. The fraction of sp³-hybridized carbons (Fsp3) is 0.926. The van der Waals surface area contributed by atoms with E-state index in [-0.39, 0.29) is 6.10 Å². The van der Waals surface area contributed by atoms with Crippen LogP contribution in [0.25, 0.3) is 0 Å². The highest BCUT2D eigenvalue weighted by atomic mass is 16.3. The van der Waals surface area contributed by atoms with Crippen molar-refractivity contribution in [3.8, 4) is 0 Å². The maximum atomic E-state index is 10.2. The molecular formula is C27H46O. The SMILES string of the molecule is CC(C)CCC[C@@H](C)[C@H]1CC[C@H]2[C@@H]3CC=C4CC(O)CC[C@]4(C)C3CCC12C. The van der Waals surface area contributed by atoms with Gasteiger partial charge in [-0.2, -0.15) is 0 Å². The number of hydrogen-bond donors (Lipinski definition) is 1. The van der Waals surface area contributed by atoms with E-state index in [9.17, 15) is 5.11 Å². The van der Waals surface area contributed by atoms with Gasteiger partial charge in [0.1, 0.15) is 0 Å². The van der Waals surface area contributed by atoms with Crippen molar-refractivity contribution in [1.29, 1.82) is 0 Å². The Kier molecular flexibility index (Phi) is 5.80. The Bertz CT molecular complexity index is 591. The van der Waals surface area contributed by atoms with Gasteiger partial charge in [0.15, 0.2) is 0 Å². The van der Waals surface area contributed by atoms with Crippen molar-refractivity contribution in [3.63, 3.8) is 0 Å². The molecule has 0 radical (unpaired) electrons. The van der Waals surface area contributed by atoms with Crippen molar-refractivity contribution >= 4 is 0 Å². The number of allylic oxidation sites excluding steroid dienone is 1. The van der Waals surface area contributed by atoms with E-state index in [0.29, 0.717) is 10.8 Å². The van der Waals surface area contributed by atoms with Crippen molar-refractivity contribution in [1.82, 2.24) is 0 Å². The van der Waals surface area contributed by atoms with Gasteiger partial charge in [0.25, 0.3) is 0 Å². The van der Waals surface area contributed by atoms with E-state index in [2.05, 4.69) is 40.7 Å². The van der Waals surface area contributed by atoms with Gasteiger partial charge in [-0.3, -0.25) is 0 Å². The lowest BCUT2D eigenvalue weighted by Gasteiger charge is -2.58. The van der Waals surface area contributed by atoms with Crippen LogP contribution in [0.5, 0.6) is 0 Å². The van der Waals surface area contributed by atoms with Crippen LogP contribution in [0.4, 0.5) is 0 Å². The molecule has 0 heterocycles. The van der Waals surface area contributed by atoms with Gasteiger partial charge in [-0.05, 0) is 97.7 Å². The van der Waals surface area contributed by atoms with Gasteiger partial charge in [-0.1, -0.05) is 65.5 Å². The first-order chi connectivity index (χ1) is 13.3. The van der Waals surface area contributed by atoms with E-state index < -0.39 is 0 Å². The third kappa shape index (κ3) is 3.42. The standard InChI is InChI=1S/C27H46O/c1-18(2)7-6-8-19(3)23-11-12-24-22-10-9-20-17-21(28)13-15-26(20,4)25(22)14-16-27(23,24)5/h9,18-19,21-25,28H,6-8,10-17H2,1-5H3/t19-,21?,22+,23-,24+,25?,26+,27?/m1/s1. The van der Waals surface area contributed by atoms with E-state index in [1.54, 1.807) is 5.57 Å². The average molecular weight is 387 g/mol. The quantitative estimate of drug-likeness (QED) is 0.488. The maximum Gasteiger partial charge on any atom is 0.0577 e. The predicted octanol–water partition coefficient (Wildman–Crippen LogP) is 7.39. The normalized spacial score (nSPS) is 46.5. The Morgan fingerprint density at radius 2 is 1.79 bits per heavy atom. The third-order valence-corrected chi connectivity index (χ3v) is 10.3. The van der Waals surface area contributed by atoms with Gasteiger partial charge in [0, 0.05) is 0 Å². The van der Waals surface area contributed by atoms with Crippen LogP contribution in [0.15, 0.2) is 11.6 Å². The highest BCUT2D eigenvalue weighted by Crippen LogP contribution is 2.67. The van der Waals surface area contributed by atoms with Gasteiger partial charge in [-0.25, -0.2) is 0 Å². The van der Waals surface area contributed by atoms with Crippen LogP contribution in [-0.4, -0.2) is 11.2 Å². The maximum absolute atomic E-state index is 10.2. The van der Waals surface area contributed by atoms with Crippen LogP contribution in [0.3, 0.4) is 0 Å². The highest BCUT2D eigenvalue weighted by molar-refractivity contribution is 5.25. The summed E-state index contributed by atoms with van der Waals surface area (Å²) in [4.78, 5) is 0. The highest BCUT2D eigenvalue weighted by Gasteiger charge is 2.59. The Balaban J connectivity index is 1.49. The number of hydrogen-bond acceptors (Lipinski definition) is 1. The average Bonchev–Trinajstić information content (AvgIpc) is 2.99. The fourth-order valence-corrected chi connectivity index (χ4v) is 8.67. The molecule has 0 bridgehead atoms. The molecule has 0 aliphatic heterocycles. The third-order valence-electron chi connectivity index (χ3n) is 10.3. The molecule has 4 aliphatic rings. The summed E-state index contributed by atoms with van der Waals surface area (Å²) in [6.45, 7) is 12.6. The van der Waals surface area contributed by atoms with E-state index in [1.807, 2.05) is 0 Å². The van der Waals surface area contributed by atoms with E-state index >= 15 is 0 Å². The van der Waals surface area contributed by atoms with Crippen LogP contribution >= 0.6 is 0 Å². The van der Waals surface area contributed by atoms with Gasteiger partial charge in [-0.15, -0.1) is 0 Å². The first-order valence-electron chi connectivity index (χ1n) is 12.6. The summed E-state index contributed by atoms with van der Waals surface area (Å²) in [5, 5.41) is 10.2. The molecule has 0 spiro atoms.